The lowest BCUT2D eigenvalue weighted by molar-refractivity contribution is -0.146. The Morgan fingerprint density at radius 3 is 2.52 bits per heavy atom. The van der Waals surface area contributed by atoms with E-state index in [1.807, 2.05) is 19.9 Å². The number of aryl methyl sites for hydroxylation is 3. The standard InChI is InChI=1S/C22H21FN2O4/c1-13-4-5-17(12-14(13)2)21(27)15(3)28-20(26)11-10-19-24-22(25-29-19)16-6-8-18(23)9-7-16/h4-9,12,15H,10-11H2,1-3H3. The number of benzene rings is 2. The molecule has 0 spiro atoms. The normalized spacial score (nSPS) is 11.9. The molecule has 3 aromatic rings. The Labute approximate surface area is 167 Å². The molecular weight excluding hydrogens is 375 g/mol. The lowest BCUT2D eigenvalue weighted by Gasteiger charge is -2.13. The Kier molecular flexibility index (Phi) is 6.16. The minimum Gasteiger partial charge on any atom is -0.454 e. The van der Waals surface area contributed by atoms with Gasteiger partial charge in [-0.2, -0.15) is 4.98 Å². The molecule has 0 saturated heterocycles. The lowest BCUT2D eigenvalue weighted by atomic mass is 10.0. The molecular formula is C22H21FN2O4. The van der Waals surface area contributed by atoms with E-state index in [2.05, 4.69) is 10.1 Å². The van der Waals surface area contributed by atoms with Gasteiger partial charge < -0.3 is 9.26 Å². The number of Topliss-reactive ketones (excluding diaryl/α,β-unsaturated/α-hetero) is 1. The van der Waals surface area contributed by atoms with Crippen molar-refractivity contribution in [2.75, 3.05) is 0 Å². The van der Waals surface area contributed by atoms with Crippen molar-refractivity contribution in [1.82, 2.24) is 10.1 Å². The van der Waals surface area contributed by atoms with Gasteiger partial charge in [-0.05, 0) is 62.2 Å². The van der Waals surface area contributed by atoms with Crippen molar-refractivity contribution in [3.63, 3.8) is 0 Å². The second-order valence-corrected chi connectivity index (χ2v) is 6.81. The van der Waals surface area contributed by atoms with E-state index in [4.69, 9.17) is 9.26 Å². The first kappa shape index (κ1) is 20.4. The van der Waals surface area contributed by atoms with Crippen LogP contribution in [0.5, 0.6) is 0 Å². The summed E-state index contributed by atoms with van der Waals surface area (Å²) in [7, 11) is 0. The van der Waals surface area contributed by atoms with Crippen LogP contribution in [-0.4, -0.2) is 28.0 Å². The van der Waals surface area contributed by atoms with Crippen LogP contribution in [-0.2, 0) is 16.0 Å². The summed E-state index contributed by atoms with van der Waals surface area (Å²) in [4.78, 5) is 28.7. The maximum Gasteiger partial charge on any atom is 0.307 e. The molecule has 150 valence electrons. The highest BCUT2D eigenvalue weighted by atomic mass is 19.1. The number of halogens is 1. The van der Waals surface area contributed by atoms with E-state index in [0.29, 0.717) is 17.0 Å². The molecule has 29 heavy (non-hydrogen) atoms. The van der Waals surface area contributed by atoms with Gasteiger partial charge in [-0.1, -0.05) is 17.3 Å². The number of ether oxygens (including phenoxy) is 1. The summed E-state index contributed by atoms with van der Waals surface area (Å²) in [6.45, 7) is 5.44. The summed E-state index contributed by atoms with van der Waals surface area (Å²) in [5.74, 6) is -0.570. The molecule has 0 aliphatic carbocycles. The minimum atomic E-state index is -0.887. The monoisotopic (exact) mass is 396 g/mol. The van der Waals surface area contributed by atoms with Crippen LogP contribution in [0.3, 0.4) is 0 Å². The quantitative estimate of drug-likeness (QED) is 0.439. The molecule has 0 N–H and O–H groups in total. The number of carbonyl (C=O) groups is 2. The number of esters is 1. The molecule has 3 rings (SSSR count). The molecule has 0 amide bonds. The van der Waals surface area contributed by atoms with Gasteiger partial charge in [-0.3, -0.25) is 9.59 Å². The molecule has 0 fully saturated rings. The third kappa shape index (κ3) is 5.13. The molecule has 0 aliphatic heterocycles. The van der Waals surface area contributed by atoms with Crippen LogP contribution in [0.1, 0.15) is 40.7 Å². The van der Waals surface area contributed by atoms with Crippen LogP contribution in [0.2, 0.25) is 0 Å². The van der Waals surface area contributed by atoms with Gasteiger partial charge in [0.05, 0.1) is 6.42 Å². The summed E-state index contributed by atoms with van der Waals surface area (Å²) in [6.07, 6.45) is -0.713. The number of hydrogen-bond donors (Lipinski definition) is 0. The fourth-order valence-corrected chi connectivity index (χ4v) is 2.72. The van der Waals surface area contributed by atoms with Gasteiger partial charge >= 0.3 is 5.97 Å². The Bertz CT molecular complexity index is 1030. The van der Waals surface area contributed by atoms with Gasteiger partial charge in [0.15, 0.2) is 6.10 Å². The van der Waals surface area contributed by atoms with Crippen LogP contribution in [0, 0.1) is 19.7 Å². The molecule has 6 nitrogen and oxygen atoms in total. The molecule has 1 aromatic heterocycles. The van der Waals surface area contributed by atoms with Gasteiger partial charge in [0, 0.05) is 17.5 Å². The first-order valence-corrected chi connectivity index (χ1v) is 9.23. The van der Waals surface area contributed by atoms with Gasteiger partial charge in [-0.25, -0.2) is 4.39 Å². The highest BCUT2D eigenvalue weighted by molar-refractivity contribution is 6.00. The fourth-order valence-electron chi connectivity index (χ4n) is 2.72. The molecule has 1 heterocycles. The maximum atomic E-state index is 13.0. The van der Waals surface area contributed by atoms with Gasteiger partial charge in [0.1, 0.15) is 5.82 Å². The lowest BCUT2D eigenvalue weighted by Crippen LogP contribution is -2.24. The summed E-state index contributed by atoms with van der Waals surface area (Å²) in [5, 5.41) is 3.82. The first-order valence-electron chi connectivity index (χ1n) is 9.23. The third-order valence-corrected chi connectivity index (χ3v) is 4.58. The van der Waals surface area contributed by atoms with Crippen molar-refractivity contribution < 1.29 is 23.2 Å². The van der Waals surface area contributed by atoms with Crippen LogP contribution in [0.15, 0.2) is 47.0 Å². The minimum absolute atomic E-state index is 0.00437. The van der Waals surface area contributed by atoms with Crippen LogP contribution < -0.4 is 0 Å². The van der Waals surface area contributed by atoms with E-state index in [0.717, 1.165) is 11.1 Å². The second-order valence-electron chi connectivity index (χ2n) is 6.81. The highest BCUT2D eigenvalue weighted by Gasteiger charge is 2.20. The summed E-state index contributed by atoms with van der Waals surface area (Å²) < 4.78 is 23.3. The predicted molar refractivity (Wildman–Crippen MR) is 104 cm³/mol. The summed E-state index contributed by atoms with van der Waals surface area (Å²) >= 11 is 0. The molecule has 0 aliphatic rings. The number of ketones is 1. The summed E-state index contributed by atoms with van der Waals surface area (Å²) in [5.41, 5.74) is 3.21. The summed E-state index contributed by atoms with van der Waals surface area (Å²) in [6, 6.07) is 11.1. The molecule has 2 aromatic carbocycles. The van der Waals surface area contributed by atoms with Gasteiger partial charge in [0.2, 0.25) is 17.5 Å². The van der Waals surface area contributed by atoms with E-state index in [1.54, 1.807) is 19.1 Å². The van der Waals surface area contributed by atoms with Crippen molar-refractivity contribution in [3.8, 4) is 11.4 Å². The number of rotatable bonds is 7. The number of carbonyl (C=O) groups excluding carboxylic acids is 2. The zero-order chi connectivity index (χ0) is 21.0. The molecule has 7 heteroatoms. The first-order chi connectivity index (χ1) is 13.8. The van der Waals surface area contributed by atoms with E-state index in [1.165, 1.54) is 24.3 Å². The van der Waals surface area contributed by atoms with Gasteiger partial charge in [0.25, 0.3) is 0 Å². The average molecular weight is 396 g/mol. The average Bonchev–Trinajstić information content (AvgIpc) is 3.17. The Hall–Kier alpha value is -3.35. The third-order valence-electron chi connectivity index (χ3n) is 4.58. The van der Waals surface area contributed by atoms with Gasteiger partial charge in [-0.15, -0.1) is 0 Å². The topological polar surface area (TPSA) is 82.3 Å². The van der Waals surface area contributed by atoms with Crippen molar-refractivity contribution >= 4 is 11.8 Å². The molecule has 1 atom stereocenters. The zero-order valence-corrected chi connectivity index (χ0v) is 16.4. The fraction of sp³-hybridized carbons (Fsp3) is 0.273. The maximum absolute atomic E-state index is 13.0. The smallest absolute Gasteiger partial charge is 0.307 e. The Balaban J connectivity index is 1.53. The number of aromatic nitrogens is 2. The van der Waals surface area contributed by atoms with E-state index < -0.39 is 12.1 Å². The van der Waals surface area contributed by atoms with E-state index in [-0.39, 0.29) is 30.3 Å². The van der Waals surface area contributed by atoms with Crippen molar-refractivity contribution in [3.05, 3.63) is 70.9 Å². The van der Waals surface area contributed by atoms with Crippen molar-refractivity contribution in [1.29, 1.82) is 0 Å². The second kappa shape index (κ2) is 8.77. The largest absolute Gasteiger partial charge is 0.454 e. The number of nitrogens with zero attached hydrogens (tertiary/aromatic N) is 2. The Morgan fingerprint density at radius 2 is 1.83 bits per heavy atom. The van der Waals surface area contributed by atoms with Crippen LogP contribution in [0.25, 0.3) is 11.4 Å². The Morgan fingerprint density at radius 1 is 1.10 bits per heavy atom. The molecule has 0 bridgehead atoms. The van der Waals surface area contributed by atoms with Crippen LogP contribution >= 0.6 is 0 Å². The van der Waals surface area contributed by atoms with E-state index in [9.17, 15) is 14.0 Å². The van der Waals surface area contributed by atoms with Crippen LogP contribution in [0.4, 0.5) is 4.39 Å². The highest BCUT2D eigenvalue weighted by Crippen LogP contribution is 2.17. The SMILES string of the molecule is Cc1ccc(C(=O)C(C)OC(=O)CCc2nc(-c3ccc(F)cc3)no2)cc1C. The molecule has 0 radical (unpaired) electrons. The molecule has 0 saturated carbocycles. The zero-order valence-electron chi connectivity index (χ0n) is 16.4. The van der Waals surface area contributed by atoms with Crippen molar-refractivity contribution in [2.45, 2.75) is 39.7 Å². The number of hydrogen-bond acceptors (Lipinski definition) is 6. The molecule has 1 unspecified atom stereocenters. The van der Waals surface area contributed by atoms with E-state index >= 15 is 0 Å². The predicted octanol–water partition coefficient (Wildman–Crippen LogP) is 4.24. The van der Waals surface area contributed by atoms with Crippen molar-refractivity contribution in [2.24, 2.45) is 0 Å².